The number of rotatable bonds is 10. The van der Waals surface area contributed by atoms with Gasteiger partial charge in [0.1, 0.15) is 0 Å². The van der Waals surface area contributed by atoms with Gasteiger partial charge in [-0.05, 0) is 27.2 Å². The fourth-order valence-corrected chi connectivity index (χ4v) is 3.85. The van der Waals surface area contributed by atoms with Crippen LogP contribution in [0.25, 0.3) is 22.5 Å². The number of nitrogens with one attached hydrogen (secondary N) is 2. The summed E-state index contributed by atoms with van der Waals surface area (Å²) < 4.78 is 4.89. The molecule has 0 aliphatic carbocycles. The summed E-state index contributed by atoms with van der Waals surface area (Å²) in [5, 5.41) is 3.53. The van der Waals surface area contributed by atoms with Crippen LogP contribution in [-0.2, 0) is 14.3 Å². The molecule has 0 spiro atoms. The van der Waals surface area contributed by atoms with Crippen LogP contribution in [0.1, 0.15) is 30.9 Å². The van der Waals surface area contributed by atoms with Gasteiger partial charge in [0.15, 0.2) is 5.16 Å². The fraction of sp³-hybridized carbons (Fsp3) is 0.320. The zero-order valence-corrected chi connectivity index (χ0v) is 19.6. The third-order valence-electron chi connectivity index (χ3n) is 4.87. The Balaban J connectivity index is 1.66. The van der Waals surface area contributed by atoms with Gasteiger partial charge in [0, 0.05) is 24.1 Å². The molecular weight excluding hydrogens is 422 g/mol. The first-order chi connectivity index (χ1) is 15.5. The summed E-state index contributed by atoms with van der Waals surface area (Å²) in [4.78, 5) is 31.7. The van der Waals surface area contributed by atoms with Crippen LogP contribution in [0.5, 0.6) is 0 Å². The van der Waals surface area contributed by atoms with Crippen LogP contribution < -0.4 is 5.32 Å². The van der Waals surface area contributed by atoms with E-state index in [0.717, 1.165) is 22.5 Å². The van der Waals surface area contributed by atoms with E-state index >= 15 is 0 Å². The van der Waals surface area contributed by atoms with Gasteiger partial charge in [-0.3, -0.25) is 9.59 Å². The molecule has 168 valence electrons. The molecule has 1 heterocycles. The van der Waals surface area contributed by atoms with E-state index in [1.165, 1.54) is 22.9 Å². The van der Waals surface area contributed by atoms with Gasteiger partial charge >= 0.3 is 5.97 Å². The van der Waals surface area contributed by atoms with Crippen molar-refractivity contribution in [2.45, 2.75) is 38.8 Å². The van der Waals surface area contributed by atoms with Crippen LogP contribution in [-0.4, -0.2) is 40.7 Å². The molecule has 0 radical (unpaired) electrons. The number of aromatic amines is 1. The Morgan fingerprint density at radius 2 is 1.62 bits per heavy atom. The number of nitrogens with zero attached hydrogens (tertiary/aromatic N) is 1. The van der Waals surface area contributed by atoms with Gasteiger partial charge in [0.2, 0.25) is 5.91 Å². The predicted molar refractivity (Wildman–Crippen MR) is 129 cm³/mol. The first-order valence-electron chi connectivity index (χ1n) is 10.8. The van der Waals surface area contributed by atoms with Gasteiger partial charge in [-0.15, -0.1) is 0 Å². The van der Waals surface area contributed by atoms with Crippen LogP contribution in [0, 0.1) is 13.8 Å². The Labute approximate surface area is 193 Å². The lowest BCUT2D eigenvalue weighted by molar-refractivity contribution is -0.143. The van der Waals surface area contributed by atoms with Crippen LogP contribution >= 0.6 is 11.8 Å². The predicted octanol–water partition coefficient (Wildman–Crippen LogP) is 4.91. The second-order valence-electron chi connectivity index (χ2n) is 7.54. The van der Waals surface area contributed by atoms with E-state index in [0.29, 0.717) is 31.1 Å². The zero-order valence-electron chi connectivity index (χ0n) is 18.7. The minimum Gasteiger partial charge on any atom is -0.466 e. The molecule has 7 heteroatoms. The first-order valence-corrected chi connectivity index (χ1v) is 11.7. The molecule has 2 aromatic carbocycles. The van der Waals surface area contributed by atoms with Crippen molar-refractivity contribution in [1.29, 1.82) is 0 Å². The second-order valence-corrected chi connectivity index (χ2v) is 8.51. The maximum Gasteiger partial charge on any atom is 0.305 e. The average Bonchev–Trinajstić information content (AvgIpc) is 3.21. The lowest BCUT2D eigenvalue weighted by Gasteiger charge is -2.04. The van der Waals surface area contributed by atoms with Crippen molar-refractivity contribution in [3.8, 4) is 22.5 Å². The van der Waals surface area contributed by atoms with E-state index in [1.54, 1.807) is 6.92 Å². The zero-order chi connectivity index (χ0) is 22.9. The highest BCUT2D eigenvalue weighted by Crippen LogP contribution is 2.33. The molecule has 0 fully saturated rings. The molecule has 0 unspecified atom stereocenters. The molecule has 2 N–H and O–H groups in total. The molecule has 3 aromatic rings. The van der Waals surface area contributed by atoms with Gasteiger partial charge in [-0.2, -0.15) is 0 Å². The standard InChI is InChI=1S/C25H29N3O3S/c1-4-31-22(30)6-5-15-26-21(29)16-32-25-27-23(19-11-7-17(2)8-12-19)24(28-25)20-13-9-18(3)10-14-20/h7-14H,4-6,15-16H2,1-3H3,(H,26,29)(H,27,28). The normalized spacial score (nSPS) is 10.7. The minimum atomic E-state index is -0.237. The average molecular weight is 452 g/mol. The molecule has 0 bridgehead atoms. The quantitative estimate of drug-likeness (QED) is 0.260. The topological polar surface area (TPSA) is 84.1 Å². The number of hydrogen-bond donors (Lipinski definition) is 2. The molecule has 0 atom stereocenters. The van der Waals surface area contributed by atoms with Crippen molar-refractivity contribution in [2.75, 3.05) is 18.9 Å². The SMILES string of the molecule is CCOC(=O)CCCNC(=O)CSc1nc(-c2ccc(C)cc2)c(-c2ccc(C)cc2)[nH]1. The van der Waals surface area contributed by atoms with Gasteiger partial charge in [0.25, 0.3) is 0 Å². The molecular formula is C25H29N3O3S. The van der Waals surface area contributed by atoms with Crippen molar-refractivity contribution in [1.82, 2.24) is 15.3 Å². The van der Waals surface area contributed by atoms with Crippen LogP contribution in [0.4, 0.5) is 0 Å². The summed E-state index contributed by atoms with van der Waals surface area (Å²) in [6.07, 6.45) is 0.865. The molecule has 3 rings (SSSR count). The monoisotopic (exact) mass is 451 g/mol. The maximum atomic E-state index is 12.2. The third-order valence-corrected chi connectivity index (χ3v) is 5.75. The smallest absolute Gasteiger partial charge is 0.305 e. The maximum absolute atomic E-state index is 12.2. The number of aryl methyl sites for hydroxylation is 2. The van der Waals surface area contributed by atoms with Gasteiger partial charge in [0.05, 0.1) is 23.7 Å². The van der Waals surface area contributed by atoms with Gasteiger partial charge in [-0.1, -0.05) is 71.4 Å². The number of thioether (sulfide) groups is 1. The van der Waals surface area contributed by atoms with Crippen molar-refractivity contribution >= 4 is 23.6 Å². The Hall–Kier alpha value is -3.06. The number of benzene rings is 2. The number of aromatic nitrogens is 2. The second kappa shape index (κ2) is 11.5. The number of ether oxygens (including phenoxy) is 1. The molecule has 1 amide bonds. The van der Waals surface area contributed by atoms with Gasteiger partial charge < -0.3 is 15.0 Å². The molecule has 0 saturated carbocycles. The Kier molecular flexibility index (Phi) is 8.50. The summed E-state index contributed by atoms with van der Waals surface area (Å²) in [6.45, 7) is 6.71. The van der Waals surface area contributed by atoms with E-state index in [1.807, 2.05) is 0 Å². The van der Waals surface area contributed by atoms with Crippen molar-refractivity contribution < 1.29 is 14.3 Å². The number of imidazole rings is 1. The molecule has 0 aliphatic heterocycles. The van der Waals surface area contributed by atoms with Crippen LogP contribution in [0.2, 0.25) is 0 Å². The van der Waals surface area contributed by atoms with E-state index in [9.17, 15) is 9.59 Å². The van der Waals surface area contributed by atoms with Crippen molar-refractivity contribution in [3.63, 3.8) is 0 Å². The number of H-pyrrole nitrogens is 1. The highest BCUT2D eigenvalue weighted by molar-refractivity contribution is 7.99. The molecule has 1 aromatic heterocycles. The van der Waals surface area contributed by atoms with E-state index in [2.05, 4.69) is 72.7 Å². The highest BCUT2D eigenvalue weighted by atomic mass is 32.2. The van der Waals surface area contributed by atoms with Crippen molar-refractivity contribution in [3.05, 3.63) is 59.7 Å². The Morgan fingerprint density at radius 3 is 2.25 bits per heavy atom. The van der Waals surface area contributed by atoms with Crippen LogP contribution in [0.3, 0.4) is 0 Å². The lowest BCUT2D eigenvalue weighted by Crippen LogP contribution is -2.26. The van der Waals surface area contributed by atoms with Crippen molar-refractivity contribution in [2.24, 2.45) is 0 Å². The first kappa shape index (κ1) is 23.6. The number of hydrogen-bond acceptors (Lipinski definition) is 5. The Morgan fingerprint density at radius 1 is 1.00 bits per heavy atom. The van der Waals surface area contributed by atoms with Crippen LogP contribution in [0.15, 0.2) is 53.7 Å². The summed E-state index contributed by atoms with van der Waals surface area (Å²) in [6, 6.07) is 16.6. The molecule has 0 saturated heterocycles. The molecule has 0 aliphatic rings. The molecule has 6 nitrogen and oxygen atoms in total. The van der Waals surface area contributed by atoms with E-state index in [4.69, 9.17) is 9.72 Å². The Bertz CT molecular complexity index is 980. The summed E-state index contributed by atoms with van der Waals surface area (Å²) in [5.41, 5.74) is 6.26. The van der Waals surface area contributed by atoms with Gasteiger partial charge in [-0.25, -0.2) is 4.98 Å². The number of amides is 1. The van der Waals surface area contributed by atoms with E-state index < -0.39 is 0 Å². The lowest BCUT2D eigenvalue weighted by atomic mass is 10.0. The third kappa shape index (κ3) is 6.72. The minimum absolute atomic E-state index is 0.0935. The fourth-order valence-electron chi connectivity index (χ4n) is 3.15. The summed E-state index contributed by atoms with van der Waals surface area (Å²) in [7, 11) is 0. The number of carbonyl (C=O) groups excluding carboxylic acids is 2. The summed E-state index contributed by atoms with van der Waals surface area (Å²) in [5.74, 6) is -0.0869. The summed E-state index contributed by atoms with van der Waals surface area (Å²) >= 11 is 1.36. The number of esters is 1. The largest absolute Gasteiger partial charge is 0.466 e. The van der Waals surface area contributed by atoms with E-state index in [-0.39, 0.29) is 17.6 Å². The molecule has 32 heavy (non-hydrogen) atoms. The highest BCUT2D eigenvalue weighted by Gasteiger charge is 2.15. The number of carbonyl (C=O) groups is 2.